The molecule has 146 valence electrons. The molecule has 0 aliphatic rings. The minimum atomic E-state index is -3.52. The average Bonchev–Trinajstić information content (AvgIpc) is 2.47. The third kappa shape index (κ3) is 8.77. The summed E-state index contributed by atoms with van der Waals surface area (Å²) in [4.78, 5) is 0. The summed E-state index contributed by atoms with van der Waals surface area (Å²) in [6.45, 7) is 5.24. The Hall–Kier alpha value is -0.200. The smallest absolute Gasteiger partial charge is 0.333 e. The topological polar surface area (TPSA) is 101 Å². The second-order valence-corrected chi connectivity index (χ2v) is 7.83. The fourth-order valence-corrected chi connectivity index (χ4v) is 3.04. The lowest BCUT2D eigenvalue weighted by atomic mass is 9.77. The zero-order valence-corrected chi connectivity index (χ0v) is 15.9. The van der Waals surface area contributed by atoms with E-state index >= 15 is 0 Å². The van der Waals surface area contributed by atoms with E-state index in [0.717, 1.165) is 19.3 Å². The van der Waals surface area contributed by atoms with Gasteiger partial charge in [-0.2, -0.15) is 0 Å². The molecule has 24 heavy (non-hydrogen) atoms. The summed E-state index contributed by atoms with van der Waals surface area (Å²) in [6, 6.07) is 0. The highest BCUT2D eigenvalue weighted by Crippen LogP contribution is 2.39. The molecule has 0 radical (unpaired) electrons. The summed E-state index contributed by atoms with van der Waals surface area (Å²) >= 11 is 0. The average molecular weight is 349 g/mol. The van der Waals surface area contributed by atoms with Crippen molar-refractivity contribution in [3.8, 4) is 0 Å². The molecule has 0 aromatic heterocycles. The van der Waals surface area contributed by atoms with Gasteiger partial charge in [-0.05, 0) is 6.42 Å². The van der Waals surface area contributed by atoms with E-state index in [1.807, 2.05) is 0 Å². The molecule has 0 amide bonds. The van der Waals surface area contributed by atoms with Gasteiger partial charge in [-0.1, -0.05) is 97.8 Å². The molecule has 0 saturated carbocycles. The first-order chi connectivity index (χ1) is 11.1. The number of rotatable bonds is 15. The van der Waals surface area contributed by atoms with Crippen LogP contribution in [-0.4, -0.2) is 37.3 Å². The van der Waals surface area contributed by atoms with Gasteiger partial charge in [0, 0.05) is 5.41 Å². The maximum absolute atomic E-state index is 9.76. The van der Waals surface area contributed by atoms with Crippen LogP contribution in [0, 0.1) is 5.41 Å². The van der Waals surface area contributed by atoms with Crippen molar-refractivity contribution in [3.05, 3.63) is 0 Å². The van der Waals surface area contributed by atoms with E-state index in [2.05, 4.69) is 6.92 Å². The van der Waals surface area contributed by atoms with Gasteiger partial charge in [0.1, 0.15) is 0 Å². The Morgan fingerprint density at radius 3 is 1.21 bits per heavy atom. The normalized spacial score (nSPS) is 13.5. The van der Waals surface area contributed by atoms with Gasteiger partial charge in [-0.25, -0.2) is 0 Å². The van der Waals surface area contributed by atoms with E-state index < -0.39 is 17.2 Å². The summed E-state index contributed by atoms with van der Waals surface area (Å²) in [5.74, 6) is -6.48. The predicted molar refractivity (Wildman–Crippen MR) is 96.0 cm³/mol. The van der Waals surface area contributed by atoms with Gasteiger partial charge in [0.05, 0.1) is 0 Å². The minimum Gasteiger partial charge on any atom is -0.359 e. The van der Waals surface area contributed by atoms with Crippen molar-refractivity contribution >= 4 is 0 Å². The van der Waals surface area contributed by atoms with Crippen LogP contribution in [0.4, 0.5) is 0 Å². The standard InChI is InChI=1S/C19H40O5/c1-4-5-6-7-8-9-10-11-12-13-14-15-16-17(2,3)18(20,21)19(22,23)24/h20-24H,4-16H2,1-3H3. The fraction of sp³-hybridized carbons (Fsp3) is 1.00. The van der Waals surface area contributed by atoms with E-state index in [1.54, 1.807) is 0 Å². The van der Waals surface area contributed by atoms with Crippen molar-refractivity contribution < 1.29 is 25.5 Å². The van der Waals surface area contributed by atoms with Crippen LogP contribution in [0.5, 0.6) is 0 Å². The van der Waals surface area contributed by atoms with Crippen molar-refractivity contribution in [2.24, 2.45) is 5.41 Å². The maximum Gasteiger partial charge on any atom is 0.333 e. The Morgan fingerprint density at radius 2 is 0.875 bits per heavy atom. The van der Waals surface area contributed by atoms with E-state index in [4.69, 9.17) is 15.3 Å². The van der Waals surface area contributed by atoms with Gasteiger partial charge >= 0.3 is 5.97 Å². The molecule has 5 nitrogen and oxygen atoms in total. The largest absolute Gasteiger partial charge is 0.359 e. The molecule has 0 aromatic rings. The summed E-state index contributed by atoms with van der Waals surface area (Å²) < 4.78 is 0. The first-order valence-electron chi connectivity index (χ1n) is 9.68. The van der Waals surface area contributed by atoms with Crippen LogP contribution < -0.4 is 0 Å². The lowest BCUT2D eigenvalue weighted by molar-refractivity contribution is -0.472. The van der Waals surface area contributed by atoms with Crippen molar-refractivity contribution in [2.75, 3.05) is 0 Å². The minimum absolute atomic E-state index is 0.390. The van der Waals surface area contributed by atoms with Crippen molar-refractivity contribution in [2.45, 2.75) is 116 Å². The van der Waals surface area contributed by atoms with Crippen LogP contribution in [0.25, 0.3) is 0 Å². The lowest BCUT2D eigenvalue weighted by Gasteiger charge is -2.42. The van der Waals surface area contributed by atoms with Crippen LogP contribution >= 0.6 is 0 Å². The molecule has 5 heteroatoms. The molecule has 0 atom stereocenters. The van der Waals surface area contributed by atoms with Crippen LogP contribution in [-0.2, 0) is 0 Å². The third-order valence-electron chi connectivity index (χ3n) is 5.07. The molecule has 0 unspecified atom stereocenters. The van der Waals surface area contributed by atoms with Gasteiger partial charge in [0.2, 0.25) is 0 Å². The zero-order chi connectivity index (χ0) is 18.7. The first-order valence-corrected chi connectivity index (χ1v) is 9.68. The molecule has 0 heterocycles. The highest BCUT2D eigenvalue weighted by atomic mass is 16.7. The van der Waals surface area contributed by atoms with Crippen molar-refractivity contribution in [3.63, 3.8) is 0 Å². The Morgan fingerprint density at radius 1 is 0.542 bits per heavy atom. The van der Waals surface area contributed by atoms with E-state index in [0.29, 0.717) is 6.42 Å². The first kappa shape index (κ1) is 23.8. The Labute approximate surface area is 147 Å². The molecule has 0 aliphatic heterocycles. The van der Waals surface area contributed by atoms with Gasteiger partial charge in [-0.3, -0.25) is 0 Å². The molecule has 0 bridgehead atoms. The molecule has 0 saturated heterocycles. The monoisotopic (exact) mass is 348 g/mol. The van der Waals surface area contributed by atoms with Crippen LogP contribution in [0.1, 0.15) is 104 Å². The predicted octanol–water partition coefficient (Wildman–Crippen LogP) is 3.42. The summed E-state index contributed by atoms with van der Waals surface area (Å²) in [6.07, 6.45) is 14.9. The Kier molecular flexibility index (Phi) is 11.3. The van der Waals surface area contributed by atoms with E-state index in [9.17, 15) is 10.2 Å². The highest BCUT2D eigenvalue weighted by molar-refractivity contribution is 4.89. The van der Waals surface area contributed by atoms with Gasteiger partial charge in [0.15, 0.2) is 0 Å². The van der Waals surface area contributed by atoms with Gasteiger partial charge < -0.3 is 25.5 Å². The molecular weight excluding hydrogens is 308 g/mol. The second-order valence-electron chi connectivity index (χ2n) is 7.83. The Bertz CT molecular complexity index is 307. The zero-order valence-electron chi connectivity index (χ0n) is 15.9. The fourth-order valence-electron chi connectivity index (χ4n) is 3.04. The number of hydrogen-bond acceptors (Lipinski definition) is 5. The lowest BCUT2D eigenvalue weighted by Crippen LogP contribution is -2.62. The van der Waals surface area contributed by atoms with Crippen LogP contribution in [0.2, 0.25) is 0 Å². The molecule has 0 aliphatic carbocycles. The number of hydrogen-bond donors (Lipinski definition) is 5. The Balaban J connectivity index is 3.66. The molecular formula is C19H40O5. The molecule has 0 spiro atoms. The molecule has 0 aromatic carbocycles. The SMILES string of the molecule is CCCCCCCCCCCCCCC(C)(C)C(O)(O)C(O)(O)O. The van der Waals surface area contributed by atoms with Crippen molar-refractivity contribution in [1.29, 1.82) is 0 Å². The molecule has 5 N–H and O–H groups in total. The summed E-state index contributed by atoms with van der Waals surface area (Å²) in [5.41, 5.74) is -1.22. The molecule has 0 fully saturated rings. The van der Waals surface area contributed by atoms with Crippen LogP contribution in [0.3, 0.4) is 0 Å². The van der Waals surface area contributed by atoms with Crippen molar-refractivity contribution in [1.82, 2.24) is 0 Å². The summed E-state index contributed by atoms with van der Waals surface area (Å²) in [7, 11) is 0. The van der Waals surface area contributed by atoms with Gasteiger partial charge in [-0.15, -0.1) is 0 Å². The number of unbranched alkanes of at least 4 members (excludes halogenated alkanes) is 11. The third-order valence-corrected chi connectivity index (χ3v) is 5.07. The molecule has 0 rings (SSSR count). The summed E-state index contributed by atoms with van der Waals surface area (Å²) in [5, 5.41) is 46.8. The van der Waals surface area contributed by atoms with Gasteiger partial charge in [0.25, 0.3) is 5.79 Å². The van der Waals surface area contributed by atoms with E-state index in [-0.39, 0.29) is 0 Å². The van der Waals surface area contributed by atoms with Crippen LogP contribution in [0.15, 0.2) is 0 Å². The number of aliphatic hydroxyl groups is 5. The highest BCUT2D eigenvalue weighted by Gasteiger charge is 2.56. The van der Waals surface area contributed by atoms with E-state index in [1.165, 1.54) is 71.6 Å². The maximum atomic E-state index is 9.76. The second kappa shape index (κ2) is 11.4. The quantitative estimate of drug-likeness (QED) is 0.231.